The smallest absolute Gasteiger partial charge is 0.00387 e. The van der Waals surface area contributed by atoms with Gasteiger partial charge in [0, 0.05) is 12.6 Å². The maximum Gasteiger partial charge on any atom is 0.00387 e. The molecule has 17 heavy (non-hydrogen) atoms. The topological polar surface area (TPSA) is 15.3 Å². The molecule has 1 unspecified atom stereocenters. The molecule has 0 spiro atoms. The largest absolute Gasteiger partial charge is 0.316 e. The summed E-state index contributed by atoms with van der Waals surface area (Å²) in [4.78, 5) is 2.70. The molecular weight excluding hydrogens is 208 g/mol. The summed E-state index contributed by atoms with van der Waals surface area (Å²) in [5, 5.41) is 3.52. The standard InChI is InChI=1S/C15H30N2/c1-13(2)17(12-15-7-8-15)10-4-6-14-5-3-9-16-11-14/h13-16H,3-12H2,1-2H3. The molecule has 1 atom stereocenters. The van der Waals surface area contributed by atoms with E-state index in [2.05, 4.69) is 24.1 Å². The van der Waals surface area contributed by atoms with Crippen LogP contribution in [0.4, 0.5) is 0 Å². The van der Waals surface area contributed by atoms with Crippen LogP contribution in [0.5, 0.6) is 0 Å². The van der Waals surface area contributed by atoms with E-state index in [-0.39, 0.29) is 0 Å². The SMILES string of the molecule is CC(C)N(CCCC1CCCNC1)CC1CC1. The van der Waals surface area contributed by atoms with Gasteiger partial charge < -0.3 is 10.2 Å². The van der Waals surface area contributed by atoms with Gasteiger partial charge in [0.25, 0.3) is 0 Å². The van der Waals surface area contributed by atoms with Crippen LogP contribution in [0.3, 0.4) is 0 Å². The summed E-state index contributed by atoms with van der Waals surface area (Å²) in [6, 6.07) is 0.736. The number of hydrogen-bond donors (Lipinski definition) is 1. The second-order valence-corrected chi connectivity index (χ2v) is 6.39. The summed E-state index contributed by atoms with van der Waals surface area (Å²) < 4.78 is 0. The predicted octanol–water partition coefficient (Wildman–Crippen LogP) is 2.89. The highest BCUT2D eigenvalue weighted by molar-refractivity contribution is 4.79. The minimum absolute atomic E-state index is 0.736. The zero-order chi connectivity index (χ0) is 12.1. The monoisotopic (exact) mass is 238 g/mol. The molecule has 1 heterocycles. The van der Waals surface area contributed by atoms with Crippen molar-refractivity contribution in [3.63, 3.8) is 0 Å². The van der Waals surface area contributed by atoms with Crippen LogP contribution in [-0.2, 0) is 0 Å². The molecule has 2 fully saturated rings. The van der Waals surface area contributed by atoms with Crippen molar-refractivity contribution in [2.75, 3.05) is 26.2 Å². The van der Waals surface area contributed by atoms with Crippen molar-refractivity contribution < 1.29 is 0 Å². The molecule has 0 aromatic heterocycles. The van der Waals surface area contributed by atoms with Crippen LogP contribution in [0.15, 0.2) is 0 Å². The molecule has 1 aliphatic carbocycles. The highest BCUT2D eigenvalue weighted by Crippen LogP contribution is 2.30. The first kappa shape index (κ1) is 13.4. The Kier molecular flexibility index (Phi) is 5.30. The van der Waals surface area contributed by atoms with Crippen molar-refractivity contribution >= 4 is 0 Å². The normalized spacial score (nSPS) is 25.8. The molecule has 1 saturated carbocycles. The first-order chi connectivity index (χ1) is 8.25. The van der Waals surface area contributed by atoms with Crippen LogP contribution in [0.25, 0.3) is 0 Å². The van der Waals surface area contributed by atoms with Crippen molar-refractivity contribution in [3.05, 3.63) is 0 Å². The van der Waals surface area contributed by atoms with Crippen LogP contribution >= 0.6 is 0 Å². The fraction of sp³-hybridized carbons (Fsp3) is 1.00. The molecule has 0 aromatic carbocycles. The molecule has 2 rings (SSSR count). The lowest BCUT2D eigenvalue weighted by atomic mass is 9.94. The first-order valence-corrected chi connectivity index (χ1v) is 7.70. The summed E-state index contributed by atoms with van der Waals surface area (Å²) in [5.74, 6) is 1.99. The Morgan fingerprint density at radius 1 is 1.18 bits per heavy atom. The third-order valence-electron chi connectivity index (χ3n) is 4.38. The van der Waals surface area contributed by atoms with Gasteiger partial charge in [0.2, 0.25) is 0 Å². The van der Waals surface area contributed by atoms with Gasteiger partial charge in [-0.3, -0.25) is 0 Å². The van der Waals surface area contributed by atoms with Crippen LogP contribution in [0, 0.1) is 11.8 Å². The van der Waals surface area contributed by atoms with Crippen molar-refractivity contribution in [1.29, 1.82) is 0 Å². The Balaban J connectivity index is 1.60. The van der Waals surface area contributed by atoms with E-state index < -0.39 is 0 Å². The van der Waals surface area contributed by atoms with E-state index >= 15 is 0 Å². The maximum absolute atomic E-state index is 3.52. The van der Waals surface area contributed by atoms with Crippen LogP contribution < -0.4 is 5.32 Å². The Morgan fingerprint density at radius 3 is 2.59 bits per heavy atom. The number of rotatable bonds is 7. The zero-order valence-corrected chi connectivity index (χ0v) is 11.8. The lowest BCUT2D eigenvalue weighted by Crippen LogP contribution is -2.35. The third-order valence-corrected chi connectivity index (χ3v) is 4.38. The molecule has 1 N–H and O–H groups in total. The summed E-state index contributed by atoms with van der Waals surface area (Å²) in [6.45, 7) is 9.90. The summed E-state index contributed by atoms with van der Waals surface area (Å²) >= 11 is 0. The highest BCUT2D eigenvalue weighted by Gasteiger charge is 2.25. The lowest BCUT2D eigenvalue weighted by Gasteiger charge is -2.28. The summed E-state index contributed by atoms with van der Waals surface area (Å²) in [6.07, 6.45) is 8.64. The van der Waals surface area contributed by atoms with Gasteiger partial charge in [-0.15, -0.1) is 0 Å². The number of nitrogens with zero attached hydrogens (tertiary/aromatic N) is 1. The van der Waals surface area contributed by atoms with Crippen molar-refractivity contribution in [1.82, 2.24) is 10.2 Å². The van der Waals surface area contributed by atoms with E-state index in [0.717, 1.165) is 17.9 Å². The minimum Gasteiger partial charge on any atom is -0.316 e. The molecule has 1 aliphatic heterocycles. The van der Waals surface area contributed by atoms with Crippen molar-refractivity contribution in [2.45, 2.75) is 58.4 Å². The van der Waals surface area contributed by atoms with E-state index in [1.165, 1.54) is 64.7 Å². The second kappa shape index (κ2) is 6.75. The summed E-state index contributed by atoms with van der Waals surface area (Å²) in [7, 11) is 0. The number of piperidine rings is 1. The fourth-order valence-electron chi connectivity index (χ4n) is 2.95. The van der Waals surface area contributed by atoms with E-state index in [9.17, 15) is 0 Å². The molecule has 0 aromatic rings. The Morgan fingerprint density at radius 2 is 2.00 bits per heavy atom. The van der Waals surface area contributed by atoms with E-state index in [0.29, 0.717) is 0 Å². The van der Waals surface area contributed by atoms with Crippen molar-refractivity contribution in [2.24, 2.45) is 11.8 Å². The molecule has 0 bridgehead atoms. The van der Waals surface area contributed by atoms with Crippen LogP contribution in [0.2, 0.25) is 0 Å². The number of nitrogens with one attached hydrogen (secondary N) is 1. The predicted molar refractivity (Wildman–Crippen MR) is 74.3 cm³/mol. The molecule has 2 heteroatoms. The van der Waals surface area contributed by atoms with Crippen molar-refractivity contribution in [3.8, 4) is 0 Å². The zero-order valence-electron chi connectivity index (χ0n) is 11.8. The average molecular weight is 238 g/mol. The van der Waals surface area contributed by atoms with Gasteiger partial charge in [0.15, 0.2) is 0 Å². The maximum atomic E-state index is 3.52. The molecule has 1 saturated heterocycles. The Labute approximate surface area is 107 Å². The third kappa shape index (κ3) is 4.97. The van der Waals surface area contributed by atoms with Gasteiger partial charge >= 0.3 is 0 Å². The average Bonchev–Trinajstić information content (AvgIpc) is 3.13. The van der Waals surface area contributed by atoms with Gasteiger partial charge in [-0.1, -0.05) is 0 Å². The molecule has 2 nitrogen and oxygen atoms in total. The molecule has 100 valence electrons. The molecular formula is C15H30N2. The quantitative estimate of drug-likeness (QED) is 0.733. The van der Waals surface area contributed by atoms with E-state index in [4.69, 9.17) is 0 Å². The van der Waals surface area contributed by atoms with Crippen LogP contribution in [0.1, 0.15) is 52.4 Å². The van der Waals surface area contributed by atoms with Crippen LogP contribution in [-0.4, -0.2) is 37.1 Å². The highest BCUT2D eigenvalue weighted by atomic mass is 15.1. The minimum atomic E-state index is 0.736. The molecule has 0 radical (unpaired) electrons. The van der Waals surface area contributed by atoms with Gasteiger partial charge in [0.1, 0.15) is 0 Å². The van der Waals surface area contributed by atoms with E-state index in [1.807, 2.05) is 0 Å². The Hall–Kier alpha value is -0.0800. The van der Waals surface area contributed by atoms with Gasteiger partial charge in [-0.25, -0.2) is 0 Å². The molecule has 0 amide bonds. The first-order valence-electron chi connectivity index (χ1n) is 7.70. The van der Waals surface area contributed by atoms with E-state index in [1.54, 1.807) is 0 Å². The number of hydrogen-bond acceptors (Lipinski definition) is 2. The molecule has 2 aliphatic rings. The fourth-order valence-corrected chi connectivity index (χ4v) is 2.95. The van der Waals surface area contributed by atoms with Gasteiger partial charge in [-0.2, -0.15) is 0 Å². The van der Waals surface area contributed by atoms with Gasteiger partial charge in [-0.05, 0) is 83.8 Å². The lowest BCUT2D eigenvalue weighted by molar-refractivity contribution is 0.201. The van der Waals surface area contributed by atoms with Gasteiger partial charge in [0.05, 0.1) is 0 Å². The Bertz CT molecular complexity index is 205. The summed E-state index contributed by atoms with van der Waals surface area (Å²) in [5.41, 5.74) is 0. The second-order valence-electron chi connectivity index (χ2n) is 6.39.